The summed E-state index contributed by atoms with van der Waals surface area (Å²) in [6.45, 7) is 3.43. The molecule has 0 aliphatic carbocycles. The van der Waals surface area contributed by atoms with Crippen LogP contribution in [-0.4, -0.2) is 27.9 Å². The lowest BCUT2D eigenvalue weighted by Crippen LogP contribution is -2.06. The summed E-state index contributed by atoms with van der Waals surface area (Å²) in [6.07, 6.45) is 5.20. The highest BCUT2D eigenvalue weighted by molar-refractivity contribution is 4.91. The Balaban J connectivity index is 2.45. The van der Waals surface area contributed by atoms with Crippen molar-refractivity contribution in [2.75, 3.05) is 13.2 Å². The van der Waals surface area contributed by atoms with Crippen LogP contribution in [-0.2, 0) is 17.9 Å². The fourth-order valence-electron chi connectivity index (χ4n) is 1.11. The molecule has 0 aromatic carbocycles. The van der Waals surface area contributed by atoms with E-state index in [4.69, 9.17) is 9.84 Å². The maximum absolute atomic E-state index is 8.66. The van der Waals surface area contributed by atoms with Gasteiger partial charge in [-0.25, -0.2) is 4.98 Å². The van der Waals surface area contributed by atoms with Gasteiger partial charge in [-0.15, -0.1) is 0 Å². The maximum Gasteiger partial charge on any atom is 0.123 e. The molecule has 0 atom stereocenters. The number of imidazole rings is 1. The van der Waals surface area contributed by atoms with Crippen LogP contribution in [0.4, 0.5) is 0 Å². The van der Waals surface area contributed by atoms with E-state index >= 15 is 0 Å². The number of aryl methyl sites for hydroxylation is 1. The predicted octanol–water partition coefficient (Wildman–Crippen LogP) is 0.802. The summed E-state index contributed by atoms with van der Waals surface area (Å²) >= 11 is 0. The topological polar surface area (TPSA) is 47.3 Å². The van der Waals surface area contributed by atoms with Gasteiger partial charge in [0.15, 0.2) is 0 Å². The average Bonchev–Trinajstić information content (AvgIpc) is 2.59. The molecule has 0 spiro atoms. The molecule has 13 heavy (non-hydrogen) atoms. The highest BCUT2D eigenvalue weighted by Gasteiger charge is 2.00. The number of hydrogen-bond donors (Lipinski definition) is 1. The van der Waals surface area contributed by atoms with Crippen LogP contribution in [0.2, 0.25) is 0 Å². The second kappa shape index (κ2) is 5.72. The minimum absolute atomic E-state index is 0.210. The minimum atomic E-state index is 0.210. The summed E-state index contributed by atoms with van der Waals surface area (Å²) in [5.74, 6) is 0.975. The predicted molar refractivity (Wildman–Crippen MR) is 49.3 cm³/mol. The standard InChI is InChI=1S/C9H16N2O2/c1-2-13-8-11-6-5-10-9(11)4-3-7-12/h5-6,12H,2-4,7-8H2,1H3. The molecule has 0 fully saturated rings. The molecular formula is C9H16N2O2. The molecule has 0 unspecified atom stereocenters. The lowest BCUT2D eigenvalue weighted by Gasteiger charge is -2.06. The summed E-state index contributed by atoms with van der Waals surface area (Å²) in [7, 11) is 0. The van der Waals surface area contributed by atoms with Crippen molar-refractivity contribution < 1.29 is 9.84 Å². The molecular weight excluding hydrogens is 168 g/mol. The van der Waals surface area contributed by atoms with Gasteiger partial charge in [-0.05, 0) is 13.3 Å². The molecule has 1 heterocycles. The van der Waals surface area contributed by atoms with Gasteiger partial charge in [-0.1, -0.05) is 0 Å². The van der Waals surface area contributed by atoms with E-state index < -0.39 is 0 Å². The van der Waals surface area contributed by atoms with Gasteiger partial charge >= 0.3 is 0 Å². The molecule has 0 saturated carbocycles. The Morgan fingerprint density at radius 1 is 1.62 bits per heavy atom. The Kier molecular flexibility index (Phi) is 4.49. The fraction of sp³-hybridized carbons (Fsp3) is 0.667. The maximum atomic E-state index is 8.66. The smallest absolute Gasteiger partial charge is 0.123 e. The van der Waals surface area contributed by atoms with Gasteiger partial charge in [0, 0.05) is 32.0 Å². The molecule has 0 amide bonds. The van der Waals surface area contributed by atoms with Crippen molar-refractivity contribution in [2.24, 2.45) is 0 Å². The molecule has 1 N–H and O–H groups in total. The van der Waals surface area contributed by atoms with E-state index in [1.54, 1.807) is 6.20 Å². The average molecular weight is 184 g/mol. The number of aliphatic hydroxyl groups is 1. The molecule has 0 aliphatic rings. The molecule has 0 bridgehead atoms. The Bertz CT molecular complexity index is 213. The molecule has 1 rings (SSSR count). The Hall–Kier alpha value is -0.870. The van der Waals surface area contributed by atoms with Gasteiger partial charge in [-0.2, -0.15) is 0 Å². The second-order valence-electron chi connectivity index (χ2n) is 2.76. The van der Waals surface area contributed by atoms with E-state index in [0.717, 1.165) is 18.7 Å². The van der Waals surface area contributed by atoms with Crippen molar-refractivity contribution in [3.05, 3.63) is 18.2 Å². The number of aromatic nitrogens is 2. The molecule has 1 aromatic rings. The highest BCUT2D eigenvalue weighted by atomic mass is 16.5. The zero-order chi connectivity index (χ0) is 9.52. The van der Waals surface area contributed by atoms with Gasteiger partial charge < -0.3 is 14.4 Å². The highest BCUT2D eigenvalue weighted by Crippen LogP contribution is 2.01. The third-order valence-electron chi connectivity index (χ3n) is 1.79. The summed E-state index contributed by atoms with van der Waals surface area (Å²) in [6, 6.07) is 0. The first-order valence-electron chi connectivity index (χ1n) is 4.57. The third-order valence-corrected chi connectivity index (χ3v) is 1.79. The normalized spacial score (nSPS) is 10.6. The molecule has 0 aliphatic heterocycles. The first-order chi connectivity index (χ1) is 6.38. The van der Waals surface area contributed by atoms with E-state index in [0.29, 0.717) is 13.3 Å². The van der Waals surface area contributed by atoms with Crippen molar-refractivity contribution in [2.45, 2.75) is 26.5 Å². The molecule has 74 valence electrons. The van der Waals surface area contributed by atoms with Crippen LogP contribution in [0.25, 0.3) is 0 Å². The molecule has 1 aromatic heterocycles. The lowest BCUT2D eigenvalue weighted by atomic mass is 10.3. The number of ether oxygens (including phenoxy) is 1. The van der Waals surface area contributed by atoms with Gasteiger partial charge in [-0.3, -0.25) is 0 Å². The van der Waals surface area contributed by atoms with E-state index in [1.807, 2.05) is 17.7 Å². The van der Waals surface area contributed by atoms with Crippen molar-refractivity contribution in [1.29, 1.82) is 0 Å². The number of aliphatic hydroxyl groups excluding tert-OH is 1. The third kappa shape index (κ3) is 3.16. The van der Waals surface area contributed by atoms with Crippen LogP contribution in [0.3, 0.4) is 0 Å². The zero-order valence-electron chi connectivity index (χ0n) is 7.94. The first-order valence-corrected chi connectivity index (χ1v) is 4.57. The SMILES string of the molecule is CCOCn1ccnc1CCCO. The van der Waals surface area contributed by atoms with Crippen LogP contribution in [0, 0.1) is 0 Å². The number of hydrogen-bond acceptors (Lipinski definition) is 3. The Morgan fingerprint density at radius 3 is 3.15 bits per heavy atom. The Morgan fingerprint density at radius 2 is 2.46 bits per heavy atom. The molecule has 4 heteroatoms. The summed E-state index contributed by atoms with van der Waals surface area (Å²) < 4.78 is 7.22. The van der Waals surface area contributed by atoms with E-state index in [9.17, 15) is 0 Å². The van der Waals surface area contributed by atoms with E-state index in [-0.39, 0.29) is 6.61 Å². The number of rotatable bonds is 6. The summed E-state index contributed by atoms with van der Waals surface area (Å²) in [4.78, 5) is 4.18. The number of nitrogens with zero attached hydrogens (tertiary/aromatic N) is 2. The van der Waals surface area contributed by atoms with Crippen LogP contribution >= 0.6 is 0 Å². The summed E-state index contributed by atoms with van der Waals surface area (Å²) in [5, 5.41) is 8.66. The molecule has 0 radical (unpaired) electrons. The monoisotopic (exact) mass is 184 g/mol. The quantitative estimate of drug-likeness (QED) is 0.711. The Labute approximate surface area is 78.2 Å². The van der Waals surface area contributed by atoms with Gasteiger partial charge in [0.05, 0.1) is 0 Å². The summed E-state index contributed by atoms with van der Waals surface area (Å²) in [5.41, 5.74) is 0. The van der Waals surface area contributed by atoms with Gasteiger partial charge in [0.1, 0.15) is 12.6 Å². The van der Waals surface area contributed by atoms with Crippen molar-refractivity contribution in [1.82, 2.24) is 9.55 Å². The lowest BCUT2D eigenvalue weighted by molar-refractivity contribution is 0.0855. The van der Waals surface area contributed by atoms with Crippen molar-refractivity contribution >= 4 is 0 Å². The van der Waals surface area contributed by atoms with Crippen LogP contribution in [0.5, 0.6) is 0 Å². The van der Waals surface area contributed by atoms with E-state index in [2.05, 4.69) is 4.98 Å². The van der Waals surface area contributed by atoms with E-state index in [1.165, 1.54) is 0 Å². The van der Waals surface area contributed by atoms with Crippen molar-refractivity contribution in [3.63, 3.8) is 0 Å². The van der Waals surface area contributed by atoms with Crippen molar-refractivity contribution in [3.8, 4) is 0 Å². The minimum Gasteiger partial charge on any atom is -0.396 e. The van der Waals surface area contributed by atoms with Crippen LogP contribution < -0.4 is 0 Å². The first kappa shape index (κ1) is 10.2. The van der Waals surface area contributed by atoms with Crippen LogP contribution in [0.15, 0.2) is 12.4 Å². The molecule has 0 saturated heterocycles. The molecule has 4 nitrogen and oxygen atoms in total. The largest absolute Gasteiger partial charge is 0.396 e. The van der Waals surface area contributed by atoms with Gasteiger partial charge in [0.25, 0.3) is 0 Å². The fourth-order valence-corrected chi connectivity index (χ4v) is 1.11. The van der Waals surface area contributed by atoms with Crippen LogP contribution in [0.1, 0.15) is 19.2 Å². The zero-order valence-corrected chi connectivity index (χ0v) is 7.94. The van der Waals surface area contributed by atoms with Gasteiger partial charge in [0.2, 0.25) is 0 Å². The second-order valence-corrected chi connectivity index (χ2v) is 2.76.